The molecular formula is C17H20N2O5. The molecule has 0 aliphatic heterocycles. The molecule has 7 heteroatoms. The van der Waals surface area contributed by atoms with Crippen LogP contribution in [0.1, 0.15) is 59.5 Å². The van der Waals surface area contributed by atoms with Crippen molar-refractivity contribution in [3.05, 3.63) is 33.2 Å². The van der Waals surface area contributed by atoms with Gasteiger partial charge in [-0.05, 0) is 30.7 Å². The lowest BCUT2D eigenvalue weighted by molar-refractivity contribution is -0.137. The van der Waals surface area contributed by atoms with E-state index in [1.54, 1.807) is 0 Å². The molecule has 3 rings (SSSR count). The number of amides is 1. The van der Waals surface area contributed by atoms with Gasteiger partial charge in [0, 0.05) is 23.7 Å². The van der Waals surface area contributed by atoms with Crippen LogP contribution in [0.15, 0.2) is 10.9 Å². The zero-order valence-corrected chi connectivity index (χ0v) is 13.7. The number of carbonyl (C=O) groups is 3. The van der Waals surface area contributed by atoms with Crippen LogP contribution in [0.2, 0.25) is 0 Å². The zero-order valence-electron chi connectivity index (χ0n) is 13.7. The topological polar surface area (TPSA) is 108 Å². The minimum Gasteiger partial charge on any atom is -0.480 e. The second-order valence-corrected chi connectivity index (χ2v) is 7.40. The fourth-order valence-electron chi connectivity index (χ4n) is 3.24. The Bertz CT molecular complexity index is 789. The Kier molecular flexibility index (Phi) is 3.81. The first-order valence-corrected chi connectivity index (χ1v) is 8.00. The number of aromatic amines is 1. The molecular weight excluding hydrogens is 312 g/mol. The maximum Gasteiger partial charge on any atom is 0.323 e. The predicted molar refractivity (Wildman–Crippen MR) is 85.2 cm³/mol. The van der Waals surface area contributed by atoms with Crippen molar-refractivity contribution in [3.63, 3.8) is 0 Å². The summed E-state index contributed by atoms with van der Waals surface area (Å²) in [6, 6.07) is 1.20. The molecule has 128 valence electrons. The van der Waals surface area contributed by atoms with Crippen LogP contribution in [0.25, 0.3) is 0 Å². The van der Waals surface area contributed by atoms with E-state index in [1.807, 2.05) is 13.8 Å². The number of Topliss-reactive ketones (excluding diaryl/α,β-unsaturated/α-hetero) is 1. The fourth-order valence-corrected chi connectivity index (χ4v) is 3.24. The highest BCUT2D eigenvalue weighted by Gasteiger charge is 2.37. The molecule has 7 nitrogen and oxygen atoms in total. The molecule has 24 heavy (non-hydrogen) atoms. The van der Waals surface area contributed by atoms with E-state index in [0.29, 0.717) is 24.1 Å². The molecule has 1 heterocycles. The van der Waals surface area contributed by atoms with Crippen molar-refractivity contribution in [1.82, 2.24) is 9.88 Å². The predicted octanol–water partition coefficient (Wildman–Crippen LogP) is 1.22. The van der Waals surface area contributed by atoms with Crippen molar-refractivity contribution < 1.29 is 19.5 Å². The number of carboxylic acids is 1. The number of ketones is 1. The molecule has 2 N–H and O–H groups in total. The van der Waals surface area contributed by atoms with Crippen molar-refractivity contribution in [1.29, 1.82) is 0 Å². The van der Waals surface area contributed by atoms with Crippen LogP contribution >= 0.6 is 0 Å². The molecule has 1 aromatic rings. The molecule has 2 aliphatic carbocycles. The zero-order chi connectivity index (χ0) is 17.6. The van der Waals surface area contributed by atoms with Gasteiger partial charge in [0.25, 0.3) is 11.5 Å². The van der Waals surface area contributed by atoms with Gasteiger partial charge in [0.1, 0.15) is 12.1 Å². The minimum absolute atomic E-state index is 0.109. The standard InChI is InChI=1S/C17H20N2O5/c1-17(2)6-12-10(13(20)7-17)5-11(15(23)18-12)16(24)19(8-14(21)22)9-3-4-9/h5,9H,3-4,6-8H2,1-2H3,(H,18,23)(H,21,22). The highest BCUT2D eigenvalue weighted by molar-refractivity contribution is 6.02. The Morgan fingerprint density at radius 3 is 2.54 bits per heavy atom. The number of nitrogens with one attached hydrogen (secondary N) is 1. The van der Waals surface area contributed by atoms with Gasteiger partial charge >= 0.3 is 5.97 Å². The van der Waals surface area contributed by atoms with E-state index in [9.17, 15) is 19.2 Å². The summed E-state index contributed by atoms with van der Waals surface area (Å²) < 4.78 is 0. The highest BCUT2D eigenvalue weighted by atomic mass is 16.4. The van der Waals surface area contributed by atoms with Gasteiger partial charge in [-0.1, -0.05) is 13.8 Å². The number of hydrogen-bond donors (Lipinski definition) is 2. The van der Waals surface area contributed by atoms with E-state index in [1.165, 1.54) is 11.0 Å². The molecule has 0 atom stereocenters. The molecule has 0 bridgehead atoms. The van der Waals surface area contributed by atoms with Gasteiger partial charge in [-0.3, -0.25) is 19.2 Å². The van der Waals surface area contributed by atoms with Crippen LogP contribution in [-0.2, 0) is 11.2 Å². The van der Waals surface area contributed by atoms with Crippen molar-refractivity contribution in [2.24, 2.45) is 5.41 Å². The average Bonchev–Trinajstić information content (AvgIpc) is 3.26. The quantitative estimate of drug-likeness (QED) is 0.862. The van der Waals surface area contributed by atoms with E-state index in [4.69, 9.17) is 5.11 Å². The SMILES string of the molecule is CC1(C)CC(=O)c2cc(C(=O)N(CC(=O)O)C3CC3)c(=O)[nH]c2C1. The van der Waals surface area contributed by atoms with E-state index >= 15 is 0 Å². The second kappa shape index (κ2) is 5.58. The largest absolute Gasteiger partial charge is 0.480 e. The molecule has 1 fully saturated rings. The van der Waals surface area contributed by atoms with Crippen LogP contribution in [0.4, 0.5) is 0 Å². The number of carboxylic acid groups (broad SMARTS) is 1. The number of carbonyl (C=O) groups excluding carboxylic acids is 2. The summed E-state index contributed by atoms with van der Waals surface area (Å²) in [5.74, 6) is -1.85. The van der Waals surface area contributed by atoms with Crippen LogP contribution in [0.5, 0.6) is 0 Å². The highest BCUT2D eigenvalue weighted by Crippen LogP contribution is 2.34. The number of rotatable bonds is 4. The first kappa shape index (κ1) is 16.4. The van der Waals surface area contributed by atoms with Crippen molar-refractivity contribution in [3.8, 4) is 0 Å². The lowest BCUT2D eigenvalue weighted by atomic mass is 9.75. The summed E-state index contributed by atoms with van der Waals surface area (Å²) in [5, 5.41) is 8.98. The van der Waals surface area contributed by atoms with Crippen LogP contribution < -0.4 is 5.56 Å². The van der Waals surface area contributed by atoms with Gasteiger partial charge in [0.05, 0.1) is 0 Å². The van der Waals surface area contributed by atoms with Crippen molar-refractivity contribution in [2.75, 3.05) is 6.54 Å². The number of H-pyrrole nitrogens is 1. The molecule has 0 unspecified atom stereocenters. The number of hydrogen-bond acceptors (Lipinski definition) is 4. The Balaban J connectivity index is 1.99. The number of pyridine rings is 1. The van der Waals surface area contributed by atoms with E-state index in [0.717, 1.165) is 12.8 Å². The third-order valence-corrected chi connectivity index (χ3v) is 4.50. The minimum atomic E-state index is -1.12. The lowest BCUT2D eigenvalue weighted by Gasteiger charge is -2.30. The third-order valence-electron chi connectivity index (χ3n) is 4.50. The Morgan fingerprint density at radius 1 is 1.29 bits per heavy atom. The molecule has 1 aromatic heterocycles. The van der Waals surface area contributed by atoms with Gasteiger partial charge < -0.3 is 15.0 Å². The summed E-state index contributed by atoms with van der Waals surface area (Å²) >= 11 is 0. The maximum absolute atomic E-state index is 12.6. The maximum atomic E-state index is 12.6. The summed E-state index contributed by atoms with van der Waals surface area (Å²) in [6.45, 7) is 3.46. The average molecular weight is 332 g/mol. The molecule has 0 spiro atoms. The van der Waals surface area contributed by atoms with Crippen molar-refractivity contribution >= 4 is 17.7 Å². The first-order valence-electron chi connectivity index (χ1n) is 8.00. The van der Waals surface area contributed by atoms with E-state index in [2.05, 4.69) is 4.98 Å². The van der Waals surface area contributed by atoms with Gasteiger partial charge in [-0.25, -0.2) is 0 Å². The number of aromatic nitrogens is 1. The van der Waals surface area contributed by atoms with Gasteiger partial charge in [0.2, 0.25) is 0 Å². The first-order chi connectivity index (χ1) is 11.2. The van der Waals surface area contributed by atoms with Crippen LogP contribution in [-0.4, -0.2) is 45.2 Å². The molecule has 0 radical (unpaired) electrons. The molecule has 1 saturated carbocycles. The molecule has 0 aromatic carbocycles. The van der Waals surface area contributed by atoms with Gasteiger partial charge in [-0.2, -0.15) is 0 Å². The van der Waals surface area contributed by atoms with E-state index < -0.39 is 24.0 Å². The summed E-state index contributed by atoms with van der Waals surface area (Å²) in [7, 11) is 0. The summed E-state index contributed by atoms with van der Waals surface area (Å²) in [5.41, 5.74) is -0.0466. The molecule has 0 saturated heterocycles. The number of fused-ring (bicyclic) bond motifs is 1. The molecule has 2 aliphatic rings. The van der Waals surface area contributed by atoms with Gasteiger partial charge in [0.15, 0.2) is 5.78 Å². The Labute approximate surface area is 138 Å². The third kappa shape index (κ3) is 3.11. The fraction of sp³-hybridized carbons (Fsp3) is 0.529. The lowest BCUT2D eigenvalue weighted by Crippen LogP contribution is -2.41. The summed E-state index contributed by atoms with van der Waals surface area (Å²) in [6.07, 6.45) is 2.37. The van der Waals surface area contributed by atoms with Crippen LogP contribution in [0, 0.1) is 5.41 Å². The Morgan fingerprint density at radius 2 is 1.96 bits per heavy atom. The summed E-state index contributed by atoms with van der Waals surface area (Å²) in [4.78, 5) is 52.1. The van der Waals surface area contributed by atoms with Crippen LogP contribution in [0.3, 0.4) is 0 Å². The molecule has 1 amide bonds. The van der Waals surface area contributed by atoms with Crippen molar-refractivity contribution in [2.45, 2.75) is 45.6 Å². The normalized spacial score (nSPS) is 18.8. The van der Waals surface area contributed by atoms with Gasteiger partial charge in [-0.15, -0.1) is 0 Å². The second-order valence-electron chi connectivity index (χ2n) is 7.40. The van der Waals surface area contributed by atoms with E-state index in [-0.39, 0.29) is 22.8 Å². The monoisotopic (exact) mass is 332 g/mol. The smallest absolute Gasteiger partial charge is 0.323 e. The number of nitrogens with zero attached hydrogens (tertiary/aromatic N) is 1. The number of aliphatic carboxylic acids is 1. The Hall–Kier alpha value is -2.44.